The van der Waals surface area contributed by atoms with E-state index in [1.807, 2.05) is 42.5 Å². The number of hydrogen-bond acceptors (Lipinski definition) is 7. The van der Waals surface area contributed by atoms with Crippen LogP contribution in [0.4, 0.5) is 0 Å². The first-order valence-corrected chi connectivity index (χ1v) is 11.8. The average Bonchev–Trinajstić information content (AvgIpc) is 2.90. The van der Waals surface area contributed by atoms with Crippen molar-refractivity contribution in [3.8, 4) is 17.2 Å². The van der Waals surface area contributed by atoms with Crippen molar-refractivity contribution in [2.75, 3.05) is 27.3 Å². The molecular weight excluding hydrogens is 460 g/mol. The van der Waals surface area contributed by atoms with Gasteiger partial charge >= 0.3 is 0 Å². The second-order valence-corrected chi connectivity index (χ2v) is 8.43. The Balaban J connectivity index is 1.47. The van der Waals surface area contributed by atoms with Crippen molar-refractivity contribution in [3.63, 3.8) is 0 Å². The Bertz CT molecular complexity index is 1130. The number of nitrogens with one attached hydrogen (secondary N) is 2. The molecular formula is C28H34N2O6. The molecule has 0 aliphatic carbocycles. The Hall–Kier alpha value is -3.59. The maximum absolute atomic E-state index is 12.6. The summed E-state index contributed by atoms with van der Waals surface area (Å²) in [6.07, 6.45) is 0.233. The fourth-order valence-corrected chi connectivity index (χ4v) is 3.96. The summed E-state index contributed by atoms with van der Waals surface area (Å²) in [5.74, 6) is 1.23. The summed E-state index contributed by atoms with van der Waals surface area (Å²) in [5, 5.41) is 35.5. The molecule has 0 heterocycles. The van der Waals surface area contributed by atoms with E-state index in [9.17, 15) is 20.1 Å². The molecule has 3 aromatic carbocycles. The second kappa shape index (κ2) is 13.5. The summed E-state index contributed by atoms with van der Waals surface area (Å²) in [5.41, 5.74) is 3.80. The van der Waals surface area contributed by atoms with E-state index in [0.717, 1.165) is 23.1 Å². The maximum Gasteiger partial charge on any atom is 0.224 e. The molecule has 8 heteroatoms. The molecule has 8 nitrogen and oxygen atoms in total. The molecule has 1 atom stereocenters. The number of benzene rings is 3. The Morgan fingerprint density at radius 1 is 0.972 bits per heavy atom. The minimum absolute atomic E-state index is 0.00879. The van der Waals surface area contributed by atoms with Crippen LogP contribution < -0.4 is 20.1 Å². The van der Waals surface area contributed by atoms with Gasteiger partial charge in [0, 0.05) is 12.1 Å². The van der Waals surface area contributed by atoms with Gasteiger partial charge in [-0.1, -0.05) is 36.4 Å². The molecule has 0 aromatic heterocycles. The van der Waals surface area contributed by atoms with Gasteiger partial charge in [0.2, 0.25) is 5.91 Å². The van der Waals surface area contributed by atoms with Crippen LogP contribution in [0.25, 0.3) is 0 Å². The number of aliphatic hydroxyl groups excluding tert-OH is 2. The third kappa shape index (κ3) is 7.45. The first kappa shape index (κ1) is 27.0. The molecule has 0 saturated heterocycles. The predicted octanol–water partition coefficient (Wildman–Crippen LogP) is 2.63. The van der Waals surface area contributed by atoms with Gasteiger partial charge in [-0.2, -0.15) is 0 Å². The number of carbonyl (C=O) groups is 1. The molecule has 0 saturated carbocycles. The van der Waals surface area contributed by atoms with E-state index in [1.54, 1.807) is 26.4 Å². The zero-order valence-electron chi connectivity index (χ0n) is 20.7. The largest absolute Gasteiger partial charge is 0.508 e. The lowest BCUT2D eigenvalue weighted by Crippen LogP contribution is -2.25. The van der Waals surface area contributed by atoms with Crippen molar-refractivity contribution in [2.45, 2.75) is 32.1 Å². The van der Waals surface area contributed by atoms with Gasteiger partial charge in [0.1, 0.15) is 17.2 Å². The van der Waals surface area contributed by atoms with Crippen LogP contribution in [0.2, 0.25) is 0 Å². The molecule has 0 fully saturated rings. The lowest BCUT2D eigenvalue weighted by atomic mass is 10.0. The minimum atomic E-state index is -0.757. The zero-order chi connectivity index (χ0) is 25.9. The standard InChI is InChI=1S/C28H34N2O6/c1-35-26-7-4-8-27(36-2)23(26)16-30-28(34)14-20-6-3-5-19(13-20)11-12-29-17-25(33)21-9-10-24(32)22(15-21)18-31/h3-10,13,15,25,29,31-33H,11-12,14,16-18H2,1-2H3,(H,30,34)/t25-/m0/s1. The van der Waals surface area contributed by atoms with E-state index in [-0.39, 0.29) is 24.7 Å². The number of aliphatic hydroxyl groups is 2. The summed E-state index contributed by atoms with van der Waals surface area (Å²) in [6, 6.07) is 18.1. The highest BCUT2D eigenvalue weighted by molar-refractivity contribution is 5.78. The number of aromatic hydroxyl groups is 1. The molecule has 5 N–H and O–H groups in total. The van der Waals surface area contributed by atoms with Crippen LogP contribution in [0.1, 0.15) is 33.9 Å². The van der Waals surface area contributed by atoms with Crippen LogP contribution in [-0.4, -0.2) is 48.5 Å². The van der Waals surface area contributed by atoms with Gasteiger partial charge in [-0.05, 0) is 53.9 Å². The SMILES string of the molecule is COc1cccc(OC)c1CNC(=O)Cc1cccc(CCNC[C@H](O)c2ccc(O)c(CO)c2)c1. The monoisotopic (exact) mass is 494 g/mol. The lowest BCUT2D eigenvalue weighted by molar-refractivity contribution is -0.120. The number of methoxy groups -OCH3 is 2. The third-order valence-electron chi connectivity index (χ3n) is 5.94. The summed E-state index contributed by atoms with van der Waals surface area (Å²) in [4.78, 5) is 12.6. The minimum Gasteiger partial charge on any atom is -0.508 e. The molecule has 192 valence electrons. The smallest absolute Gasteiger partial charge is 0.224 e. The highest BCUT2D eigenvalue weighted by atomic mass is 16.5. The molecule has 0 aliphatic rings. The van der Waals surface area contributed by atoms with Crippen LogP contribution in [-0.2, 0) is 30.8 Å². The molecule has 0 spiro atoms. The van der Waals surface area contributed by atoms with Crippen molar-refractivity contribution in [3.05, 3.63) is 88.5 Å². The highest BCUT2D eigenvalue weighted by Gasteiger charge is 2.12. The van der Waals surface area contributed by atoms with Gasteiger partial charge in [0.25, 0.3) is 0 Å². The number of ether oxygens (including phenoxy) is 2. The van der Waals surface area contributed by atoms with Crippen LogP contribution >= 0.6 is 0 Å². The van der Waals surface area contributed by atoms with Crippen molar-refractivity contribution < 1.29 is 29.6 Å². The van der Waals surface area contributed by atoms with Crippen LogP contribution in [0, 0.1) is 0 Å². The maximum atomic E-state index is 12.6. The molecule has 0 bridgehead atoms. The third-order valence-corrected chi connectivity index (χ3v) is 5.94. The average molecular weight is 495 g/mol. The van der Waals surface area contributed by atoms with E-state index >= 15 is 0 Å². The van der Waals surface area contributed by atoms with Crippen LogP contribution in [0.15, 0.2) is 60.7 Å². The Morgan fingerprint density at radius 3 is 2.36 bits per heavy atom. The first-order valence-electron chi connectivity index (χ1n) is 11.8. The van der Waals surface area contributed by atoms with Gasteiger partial charge in [-0.15, -0.1) is 0 Å². The van der Waals surface area contributed by atoms with Gasteiger partial charge in [-0.25, -0.2) is 0 Å². The van der Waals surface area contributed by atoms with E-state index < -0.39 is 6.10 Å². The first-order chi connectivity index (χ1) is 17.4. The molecule has 0 unspecified atom stereocenters. The number of carbonyl (C=O) groups excluding carboxylic acids is 1. The van der Waals surface area contributed by atoms with Gasteiger partial charge in [-0.3, -0.25) is 4.79 Å². The fraction of sp³-hybridized carbons (Fsp3) is 0.321. The zero-order valence-corrected chi connectivity index (χ0v) is 20.7. The van der Waals surface area contributed by atoms with Gasteiger partial charge in [0.15, 0.2) is 0 Å². The Morgan fingerprint density at radius 2 is 1.67 bits per heavy atom. The van der Waals surface area contributed by atoms with E-state index in [1.165, 1.54) is 6.07 Å². The van der Waals surface area contributed by atoms with Crippen molar-refractivity contribution in [2.24, 2.45) is 0 Å². The normalized spacial score (nSPS) is 11.7. The highest BCUT2D eigenvalue weighted by Crippen LogP contribution is 2.28. The Labute approximate surface area is 211 Å². The molecule has 0 radical (unpaired) electrons. The van der Waals surface area contributed by atoms with E-state index in [0.29, 0.717) is 42.3 Å². The van der Waals surface area contributed by atoms with Gasteiger partial charge in [0.05, 0.1) is 45.5 Å². The van der Waals surface area contributed by atoms with Crippen molar-refractivity contribution in [1.82, 2.24) is 10.6 Å². The van der Waals surface area contributed by atoms with Gasteiger partial charge < -0.3 is 35.4 Å². The van der Waals surface area contributed by atoms with Crippen LogP contribution in [0.5, 0.6) is 17.2 Å². The fourth-order valence-electron chi connectivity index (χ4n) is 3.96. The summed E-state index contributed by atoms with van der Waals surface area (Å²) >= 11 is 0. The predicted molar refractivity (Wildman–Crippen MR) is 137 cm³/mol. The topological polar surface area (TPSA) is 120 Å². The van der Waals surface area contributed by atoms with Crippen molar-refractivity contribution >= 4 is 5.91 Å². The molecule has 1 amide bonds. The molecule has 3 aromatic rings. The number of amides is 1. The van der Waals surface area contributed by atoms with E-state index in [2.05, 4.69) is 10.6 Å². The number of phenols is 1. The Kier molecular flexibility index (Phi) is 10.1. The van der Waals surface area contributed by atoms with E-state index in [4.69, 9.17) is 9.47 Å². The summed E-state index contributed by atoms with van der Waals surface area (Å²) < 4.78 is 10.8. The molecule has 0 aliphatic heterocycles. The molecule has 3 rings (SSSR count). The van der Waals surface area contributed by atoms with Crippen molar-refractivity contribution in [1.29, 1.82) is 0 Å². The molecule has 36 heavy (non-hydrogen) atoms. The quantitative estimate of drug-likeness (QED) is 0.232. The summed E-state index contributed by atoms with van der Waals surface area (Å²) in [6.45, 7) is 0.997. The van der Waals surface area contributed by atoms with Crippen LogP contribution in [0.3, 0.4) is 0 Å². The lowest BCUT2D eigenvalue weighted by Gasteiger charge is -2.14. The summed E-state index contributed by atoms with van der Waals surface area (Å²) in [7, 11) is 3.17. The number of rotatable bonds is 13. The number of hydrogen-bond donors (Lipinski definition) is 5. The second-order valence-electron chi connectivity index (χ2n) is 8.43.